The lowest BCUT2D eigenvalue weighted by Gasteiger charge is -2.05. The fraction of sp³-hybridized carbons (Fsp3) is 0.0833. The van der Waals surface area contributed by atoms with Crippen LogP contribution in [0.5, 0.6) is 0 Å². The van der Waals surface area contributed by atoms with Gasteiger partial charge in [0.1, 0.15) is 5.82 Å². The average molecular weight is 280 g/mol. The predicted octanol–water partition coefficient (Wildman–Crippen LogP) is 2.73. The largest absolute Gasteiger partial charge is 0.348 e. The van der Waals surface area contributed by atoms with Crippen molar-refractivity contribution < 1.29 is 14.1 Å². The van der Waals surface area contributed by atoms with Crippen LogP contribution in [0.1, 0.15) is 15.9 Å². The predicted molar refractivity (Wildman–Crippen MR) is 68.5 cm³/mol. The van der Waals surface area contributed by atoms with E-state index in [0.29, 0.717) is 0 Å². The second kappa shape index (κ2) is 5.57. The van der Waals surface area contributed by atoms with Crippen LogP contribution in [0.2, 0.25) is 0 Å². The highest BCUT2D eigenvalue weighted by atomic mass is 32.1. The molecule has 0 bridgehead atoms. The number of nitrogens with zero attached hydrogens (tertiary/aromatic N) is 1. The molecule has 98 valence electrons. The number of carbonyl (C=O) groups excluding carboxylic acids is 1. The zero-order valence-electron chi connectivity index (χ0n) is 9.63. The second-order valence-electron chi connectivity index (χ2n) is 3.74. The molecule has 1 N–H and O–H groups in total. The Morgan fingerprint density at radius 1 is 1.42 bits per heavy atom. The molecule has 0 radical (unpaired) electrons. The van der Waals surface area contributed by atoms with Crippen LogP contribution < -0.4 is 5.32 Å². The molecule has 1 aromatic heterocycles. The van der Waals surface area contributed by atoms with Crippen molar-refractivity contribution in [2.45, 2.75) is 6.54 Å². The van der Waals surface area contributed by atoms with Crippen molar-refractivity contribution in [3.63, 3.8) is 0 Å². The maximum Gasteiger partial charge on any atom is 0.270 e. The van der Waals surface area contributed by atoms with Crippen LogP contribution >= 0.6 is 11.3 Å². The molecule has 0 unspecified atom stereocenters. The van der Waals surface area contributed by atoms with Gasteiger partial charge >= 0.3 is 0 Å². The minimum absolute atomic E-state index is 0.254. The quantitative estimate of drug-likeness (QED) is 0.691. The van der Waals surface area contributed by atoms with E-state index in [1.165, 1.54) is 11.3 Å². The highest BCUT2D eigenvalue weighted by Gasteiger charge is 2.16. The summed E-state index contributed by atoms with van der Waals surface area (Å²) in [6, 6.07) is 4.69. The summed E-state index contributed by atoms with van der Waals surface area (Å²) in [7, 11) is 0. The summed E-state index contributed by atoms with van der Waals surface area (Å²) in [6.07, 6.45) is 0. The number of amides is 1. The zero-order chi connectivity index (χ0) is 13.8. The van der Waals surface area contributed by atoms with Crippen LogP contribution in [0.4, 0.5) is 10.1 Å². The Balaban J connectivity index is 2.14. The first-order valence-electron chi connectivity index (χ1n) is 5.31. The second-order valence-corrected chi connectivity index (χ2v) is 4.52. The van der Waals surface area contributed by atoms with Crippen LogP contribution in [0.15, 0.2) is 35.0 Å². The van der Waals surface area contributed by atoms with Crippen molar-refractivity contribution in [1.82, 2.24) is 5.32 Å². The number of nitrogens with one attached hydrogen (secondary N) is 1. The molecule has 1 aromatic carbocycles. The molecule has 0 fully saturated rings. The average Bonchev–Trinajstić information content (AvgIpc) is 2.89. The SMILES string of the molecule is O=C(NCc1ccsc1)c1cc([N+](=O)[O-])ccc1F. The van der Waals surface area contributed by atoms with E-state index >= 15 is 0 Å². The molecule has 7 heteroatoms. The molecule has 0 saturated carbocycles. The third-order valence-corrected chi connectivity index (χ3v) is 3.17. The van der Waals surface area contributed by atoms with Crippen LogP contribution in [-0.2, 0) is 6.54 Å². The number of non-ortho nitro benzene ring substituents is 1. The first-order valence-corrected chi connectivity index (χ1v) is 6.25. The summed E-state index contributed by atoms with van der Waals surface area (Å²) in [4.78, 5) is 21.7. The first-order chi connectivity index (χ1) is 9.08. The fourth-order valence-electron chi connectivity index (χ4n) is 1.47. The Kier molecular flexibility index (Phi) is 3.86. The standard InChI is InChI=1S/C12H9FN2O3S/c13-11-2-1-9(15(17)18)5-10(11)12(16)14-6-8-3-4-19-7-8/h1-5,7H,6H2,(H,14,16). The Morgan fingerprint density at radius 2 is 2.21 bits per heavy atom. The molecule has 0 spiro atoms. The van der Waals surface area contributed by atoms with E-state index < -0.39 is 16.6 Å². The van der Waals surface area contributed by atoms with Gasteiger partial charge in [-0.25, -0.2) is 4.39 Å². The number of thiophene rings is 1. The van der Waals surface area contributed by atoms with Gasteiger partial charge in [-0.15, -0.1) is 0 Å². The minimum atomic E-state index is -0.784. The highest BCUT2D eigenvalue weighted by Crippen LogP contribution is 2.17. The third kappa shape index (κ3) is 3.14. The Labute approximate surface area is 111 Å². The molecule has 2 rings (SSSR count). The molecular formula is C12H9FN2O3S. The number of benzene rings is 1. The summed E-state index contributed by atoms with van der Waals surface area (Å²) in [5, 5.41) is 16.8. The van der Waals surface area contributed by atoms with Crippen LogP contribution in [0, 0.1) is 15.9 Å². The Morgan fingerprint density at radius 3 is 2.84 bits per heavy atom. The fourth-order valence-corrected chi connectivity index (χ4v) is 2.14. The van der Waals surface area contributed by atoms with Gasteiger partial charge in [0.15, 0.2) is 0 Å². The van der Waals surface area contributed by atoms with Gasteiger partial charge in [-0.1, -0.05) is 0 Å². The Hall–Kier alpha value is -2.28. The molecule has 1 amide bonds. The van der Waals surface area contributed by atoms with Crippen LogP contribution in [0.3, 0.4) is 0 Å². The van der Waals surface area contributed by atoms with Crippen LogP contribution in [-0.4, -0.2) is 10.8 Å². The maximum atomic E-state index is 13.5. The smallest absolute Gasteiger partial charge is 0.270 e. The van der Waals surface area contributed by atoms with Crippen molar-refractivity contribution in [2.24, 2.45) is 0 Å². The molecule has 0 aliphatic heterocycles. The van der Waals surface area contributed by atoms with Gasteiger partial charge in [0.05, 0.1) is 10.5 Å². The van der Waals surface area contributed by atoms with E-state index in [-0.39, 0.29) is 17.8 Å². The van der Waals surface area contributed by atoms with E-state index in [1.807, 2.05) is 16.8 Å². The molecule has 0 atom stereocenters. The molecular weight excluding hydrogens is 271 g/mol. The van der Waals surface area contributed by atoms with Gasteiger partial charge in [-0.2, -0.15) is 11.3 Å². The third-order valence-electron chi connectivity index (χ3n) is 2.44. The number of nitro groups is 1. The van der Waals surface area contributed by atoms with Gasteiger partial charge in [-0.05, 0) is 28.5 Å². The van der Waals surface area contributed by atoms with Crippen molar-refractivity contribution in [3.05, 3.63) is 62.1 Å². The van der Waals surface area contributed by atoms with E-state index in [9.17, 15) is 19.3 Å². The van der Waals surface area contributed by atoms with E-state index in [0.717, 1.165) is 23.8 Å². The van der Waals surface area contributed by atoms with E-state index in [1.54, 1.807) is 0 Å². The van der Waals surface area contributed by atoms with E-state index in [2.05, 4.69) is 5.32 Å². The molecule has 2 aromatic rings. The topological polar surface area (TPSA) is 72.2 Å². The zero-order valence-corrected chi connectivity index (χ0v) is 10.4. The lowest BCUT2D eigenvalue weighted by molar-refractivity contribution is -0.384. The molecule has 0 aliphatic carbocycles. The Bertz CT molecular complexity index is 613. The van der Waals surface area contributed by atoms with Crippen LogP contribution in [0.25, 0.3) is 0 Å². The number of rotatable bonds is 4. The molecule has 19 heavy (non-hydrogen) atoms. The lowest BCUT2D eigenvalue weighted by atomic mass is 10.1. The van der Waals surface area contributed by atoms with Crippen molar-refractivity contribution >= 4 is 22.9 Å². The van der Waals surface area contributed by atoms with E-state index in [4.69, 9.17) is 0 Å². The number of hydrogen-bond acceptors (Lipinski definition) is 4. The monoisotopic (exact) mass is 280 g/mol. The number of hydrogen-bond donors (Lipinski definition) is 1. The van der Waals surface area contributed by atoms with Crippen molar-refractivity contribution in [3.8, 4) is 0 Å². The van der Waals surface area contributed by atoms with Gasteiger partial charge in [0, 0.05) is 18.7 Å². The minimum Gasteiger partial charge on any atom is -0.348 e. The summed E-state index contributed by atoms with van der Waals surface area (Å²) in [5.74, 6) is -1.46. The van der Waals surface area contributed by atoms with Gasteiger partial charge in [0.25, 0.3) is 11.6 Å². The lowest BCUT2D eigenvalue weighted by Crippen LogP contribution is -2.23. The number of carbonyl (C=O) groups is 1. The number of nitro benzene ring substituents is 1. The summed E-state index contributed by atoms with van der Waals surface area (Å²) < 4.78 is 13.5. The van der Waals surface area contributed by atoms with Crippen molar-refractivity contribution in [1.29, 1.82) is 0 Å². The summed E-state index contributed by atoms with van der Waals surface area (Å²) >= 11 is 1.48. The normalized spacial score (nSPS) is 10.2. The molecule has 1 heterocycles. The van der Waals surface area contributed by atoms with Gasteiger partial charge in [0.2, 0.25) is 0 Å². The van der Waals surface area contributed by atoms with Crippen molar-refractivity contribution in [2.75, 3.05) is 0 Å². The molecule has 0 aliphatic rings. The summed E-state index contributed by atoms with van der Waals surface area (Å²) in [5.41, 5.74) is 0.246. The maximum absolute atomic E-state index is 13.5. The molecule has 5 nitrogen and oxygen atoms in total. The first kappa shape index (κ1) is 13.2. The van der Waals surface area contributed by atoms with Gasteiger partial charge < -0.3 is 5.32 Å². The summed E-state index contributed by atoms with van der Waals surface area (Å²) in [6.45, 7) is 0.254. The van der Waals surface area contributed by atoms with Gasteiger partial charge in [-0.3, -0.25) is 14.9 Å². The highest BCUT2D eigenvalue weighted by molar-refractivity contribution is 7.07. The molecule has 0 saturated heterocycles. The number of halogens is 1.